The zero-order valence-corrected chi connectivity index (χ0v) is 13.4. The first-order valence-electron chi connectivity index (χ1n) is 8.89. The molecule has 0 aromatic carbocycles. The molecular weight excluding hydrogens is 246 g/mol. The summed E-state index contributed by atoms with van der Waals surface area (Å²) in [6, 6.07) is 1.94. The summed E-state index contributed by atoms with van der Waals surface area (Å²) in [4.78, 5) is 5.38. The van der Waals surface area contributed by atoms with Gasteiger partial charge in [0.15, 0.2) is 0 Å². The zero-order chi connectivity index (χ0) is 14.1. The van der Waals surface area contributed by atoms with Crippen molar-refractivity contribution in [2.75, 3.05) is 26.7 Å². The molecule has 3 fully saturated rings. The van der Waals surface area contributed by atoms with Crippen LogP contribution in [0.5, 0.6) is 0 Å². The number of hydrogen-bond donors (Lipinski definition) is 1. The van der Waals surface area contributed by atoms with Crippen LogP contribution in [0.15, 0.2) is 0 Å². The molecule has 0 aromatic rings. The fourth-order valence-electron chi connectivity index (χ4n) is 5.03. The smallest absolute Gasteiger partial charge is 0.0249 e. The Hall–Kier alpha value is -0.120. The summed E-state index contributed by atoms with van der Waals surface area (Å²) in [6.45, 7) is 6.24. The van der Waals surface area contributed by atoms with Gasteiger partial charge in [-0.3, -0.25) is 4.90 Å². The Balaban J connectivity index is 1.63. The van der Waals surface area contributed by atoms with E-state index in [1.54, 1.807) is 0 Å². The highest BCUT2D eigenvalue weighted by Crippen LogP contribution is 2.35. The number of hydrogen-bond acceptors (Lipinski definition) is 3. The molecule has 2 saturated heterocycles. The monoisotopic (exact) mass is 279 g/mol. The average molecular weight is 279 g/mol. The van der Waals surface area contributed by atoms with Crippen LogP contribution < -0.4 is 5.73 Å². The predicted octanol–water partition coefficient (Wildman–Crippen LogP) is 2.31. The molecule has 0 bridgehead atoms. The van der Waals surface area contributed by atoms with Crippen molar-refractivity contribution in [3.8, 4) is 0 Å². The van der Waals surface area contributed by atoms with E-state index in [2.05, 4.69) is 23.8 Å². The number of rotatable bonds is 2. The molecule has 1 aliphatic carbocycles. The number of likely N-dealkylation sites (tertiary alicyclic amines) is 2. The van der Waals surface area contributed by atoms with E-state index in [1.165, 1.54) is 64.6 Å². The number of nitrogens with zero attached hydrogens (tertiary/aromatic N) is 2. The molecule has 20 heavy (non-hydrogen) atoms. The Labute approximate surface area is 124 Å². The standard InChI is InChI=1S/C17H33N3/c1-3-13-6-7-15(18)17(11-13)20-10-8-16-14(12-20)5-4-9-19(16)2/h13-17H,3-12,18H2,1-2H3. The molecule has 2 N–H and O–H groups in total. The van der Waals surface area contributed by atoms with Gasteiger partial charge in [-0.1, -0.05) is 13.3 Å². The highest BCUT2D eigenvalue weighted by atomic mass is 15.2. The lowest BCUT2D eigenvalue weighted by Crippen LogP contribution is -2.59. The third-order valence-electron chi connectivity index (χ3n) is 6.40. The second kappa shape index (κ2) is 6.33. The summed E-state index contributed by atoms with van der Waals surface area (Å²) < 4.78 is 0. The molecule has 5 unspecified atom stereocenters. The Kier molecular flexibility index (Phi) is 4.68. The molecule has 0 aromatic heterocycles. The fourth-order valence-corrected chi connectivity index (χ4v) is 5.03. The van der Waals surface area contributed by atoms with E-state index in [4.69, 9.17) is 5.73 Å². The van der Waals surface area contributed by atoms with Crippen LogP contribution in [0.1, 0.15) is 51.9 Å². The number of piperidine rings is 2. The SMILES string of the molecule is CCC1CCC(N)C(N2CCC3C(CCCN3C)C2)C1. The van der Waals surface area contributed by atoms with E-state index >= 15 is 0 Å². The van der Waals surface area contributed by atoms with Gasteiger partial charge >= 0.3 is 0 Å². The highest BCUT2D eigenvalue weighted by molar-refractivity contribution is 4.95. The number of nitrogens with two attached hydrogens (primary N) is 1. The summed E-state index contributed by atoms with van der Waals surface area (Å²) >= 11 is 0. The van der Waals surface area contributed by atoms with Crippen molar-refractivity contribution in [3.05, 3.63) is 0 Å². The van der Waals surface area contributed by atoms with Gasteiger partial charge in [-0.15, -0.1) is 0 Å². The van der Waals surface area contributed by atoms with Crippen molar-refractivity contribution in [3.63, 3.8) is 0 Å². The molecular formula is C17H33N3. The van der Waals surface area contributed by atoms with Crippen LogP contribution in [0.25, 0.3) is 0 Å². The second-order valence-corrected chi connectivity index (χ2v) is 7.55. The first kappa shape index (κ1) is 14.8. The van der Waals surface area contributed by atoms with Gasteiger partial charge in [0.2, 0.25) is 0 Å². The van der Waals surface area contributed by atoms with Gasteiger partial charge in [0.25, 0.3) is 0 Å². The lowest BCUT2D eigenvalue weighted by Gasteiger charge is -2.50. The van der Waals surface area contributed by atoms with E-state index in [-0.39, 0.29) is 0 Å². The second-order valence-electron chi connectivity index (χ2n) is 7.55. The van der Waals surface area contributed by atoms with Crippen LogP contribution in [0.2, 0.25) is 0 Å². The molecule has 0 amide bonds. The van der Waals surface area contributed by atoms with Crippen molar-refractivity contribution in [2.24, 2.45) is 17.6 Å². The van der Waals surface area contributed by atoms with Crippen molar-refractivity contribution < 1.29 is 0 Å². The minimum atomic E-state index is 0.427. The molecule has 0 spiro atoms. The first-order valence-corrected chi connectivity index (χ1v) is 8.89. The van der Waals surface area contributed by atoms with Gasteiger partial charge in [-0.2, -0.15) is 0 Å². The molecule has 3 rings (SSSR count). The lowest BCUT2D eigenvalue weighted by atomic mass is 9.78. The molecule has 3 heteroatoms. The van der Waals surface area contributed by atoms with Crippen molar-refractivity contribution in [1.29, 1.82) is 0 Å². The van der Waals surface area contributed by atoms with Crippen LogP contribution in [0.4, 0.5) is 0 Å². The first-order chi connectivity index (χ1) is 9.69. The Morgan fingerprint density at radius 3 is 2.70 bits per heavy atom. The third kappa shape index (κ3) is 2.90. The molecule has 3 aliphatic rings. The Morgan fingerprint density at radius 1 is 1.05 bits per heavy atom. The normalized spacial score (nSPS) is 44.2. The minimum absolute atomic E-state index is 0.427. The molecule has 116 valence electrons. The van der Waals surface area contributed by atoms with Crippen LogP contribution in [0, 0.1) is 11.8 Å². The highest BCUT2D eigenvalue weighted by Gasteiger charge is 2.39. The maximum atomic E-state index is 6.47. The van der Waals surface area contributed by atoms with Crippen LogP contribution >= 0.6 is 0 Å². The zero-order valence-electron chi connectivity index (χ0n) is 13.4. The number of fused-ring (bicyclic) bond motifs is 1. The largest absolute Gasteiger partial charge is 0.326 e. The topological polar surface area (TPSA) is 32.5 Å². The minimum Gasteiger partial charge on any atom is -0.326 e. The molecule has 3 nitrogen and oxygen atoms in total. The van der Waals surface area contributed by atoms with E-state index in [9.17, 15) is 0 Å². The Morgan fingerprint density at radius 2 is 1.90 bits per heavy atom. The maximum absolute atomic E-state index is 6.47. The van der Waals surface area contributed by atoms with E-state index in [0.717, 1.165) is 17.9 Å². The van der Waals surface area contributed by atoms with Gasteiger partial charge in [-0.25, -0.2) is 0 Å². The van der Waals surface area contributed by atoms with Crippen LogP contribution in [0.3, 0.4) is 0 Å². The van der Waals surface area contributed by atoms with E-state index in [0.29, 0.717) is 12.1 Å². The van der Waals surface area contributed by atoms with Crippen molar-refractivity contribution >= 4 is 0 Å². The molecule has 5 atom stereocenters. The average Bonchev–Trinajstić information content (AvgIpc) is 2.48. The molecule has 1 saturated carbocycles. The Bertz CT molecular complexity index is 319. The lowest BCUT2D eigenvalue weighted by molar-refractivity contribution is 0.00171. The fraction of sp³-hybridized carbons (Fsp3) is 1.00. The van der Waals surface area contributed by atoms with Gasteiger partial charge in [0.1, 0.15) is 0 Å². The summed E-state index contributed by atoms with van der Waals surface area (Å²) in [5, 5.41) is 0. The van der Waals surface area contributed by atoms with Gasteiger partial charge < -0.3 is 10.6 Å². The van der Waals surface area contributed by atoms with Crippen molar-refractivity contribution in [2.45, 2.75) is 70.0 Å². The van der Waals surface area contributed by atoms with Crippen molar-refractivity contribution in [1.82, 2.24) is 9.80 Å². The summed E-state index contributed by atoms with van der Waals surface area (Å²) in [7, 11) is 2.33. The van der Waals surface area contributed by atoms with E-state index < -0.39 is 0 Å². The summed E-state index contributed by atoms with van der Waals surface area (Å²) in [6.07, 6.45) is 9.48. The maximum Gasteiger partial charge on any atom is 0.0249 e. The van der Waals surface area contributed by atoms with Gasteiger partial charge in [0, 0.05) is 31.2 Å². The third-order valence-corrected chi connectivity index (χ3v) is 6.40. The van der Waals surface area contributed by atoms with Crippen LogP contribution in [-0.4, -0.2) is 54.6 Å². The van der Waals surface area contributed by atoms with Crippen LogP contribution in [-0.2, 0) is 0 Å². The molecule has 2 aliphatic heterocycles. The molecule has 0 radical (unpaired) electrons. The quantitative estimate of drug-likeness (QED) is 0.842. The molecule has 2 heterocycles. The summed E-state index contributed by atoms with van der Waals surface area (Å²) in [5.74, 6) is 1.82. The van der Waals surface area contributed by atoms with E-state index in [1.807, 2.05) is 0 Å². The predicted molar refractivity (Wildman–Crippen MR) is 84.7 cm³/mol. The van der Waals surface area contributed by atoms with Gasteiger partial charge in [0.05, 0.1) is 0 Å². The summed E-state index contributed by atoms with van der Waals surface area (Å²) in [5.41, 5.74) is 6.47. The van der Waals surface area contributed by atoms with Gasteiger partial charge in [-0.05, 0) is 64.0 Å².